The van der Waals surface area contributed by atoms with E-state index in [1.54, 1.807) is 28.4 Å². The summed E-state index contributed by atoms with van der Waals surface area (Å²) in [6.45, 7) is 1.88. The molecule has 0 N–H and O–H groups in total. The second kappa shape index (κ2) is 11.4. The summed E-state index contributed by atoms with van der Waals surface area (Å²) in [6, 6.07) is 21.6. The van der Waals surface area contributed by atoms with Crippen LogP contribution in [0.5, 0.6) is 34.5 Å². The largest absolute Gasteiger partial charge is 0.496 e. The van der Waals surface area contributed by atoms with Gasteiger partial charge in [0.2, 0.25) is 5.75 Å². The van der Waals surface area contributed by atoms with E-state index in [1.807, 2.05) is 18.2 Å². The van der Waals surface area contributed by atoms with Crippen molar-refractivity contribution in [3.8, 4) is 34.5 Å². The van der Waals surface area contributed by atoms with E-state index in [1.165, 1.54) is 22.3 Å². The molecule has 4 aromatic rings. The fraction of sp³-hybridized carbons (Fsp3) is 0.385. The first-order valence-corrected chi connectivity index (χ1v) is 16.4. The minimum Gasteiger partial charge on any atom is -0.496 e. The lowest BCUT2D eigenvalue weighted by atomic mass is 9.84. The van der Waals surface area contributed by atoms with Gasteiger partial charge in [-0.15, -0.1) is 0 Å². The van der Waals surface area contributed by atoms with Gasteiger partial charge in [0, 0.05) is 30.7 Å². The van der Waals surface area contributed by atoms with E-state index in [9.17, 15) is 0 Å². The summed E-state index contributed by atoms with van der Waals surface area (Å²) in [5, 5.41) is 0. The monoisotopic (exact) mass is 634 g/mol. The molecule has 5 heterocycles. The number of likely N-dealkylation sites (N-methyl/N-ethyl adjacent to an activating group) is 2. The maximum absolute atomic E-state index is 7.62. The third-order valence-corrected chi connectivity index (χ3v) is 10.7. The molecule has 0 amide bonds. The summed E-state index contributed by atoms with van der Waals surface area (Å²) in [6.07, 6.45) is 3.43. The zero-order chi connectivity index (χ0) is 32.4. The summed E-state index contributed by atoms with van der Waals surface area (Å²) in [5.74, 6) is 2.21. The second-order valence-electron chi connectivity index (χ2n) is 13.2. The number of nitrogens with zero attached hydrogens (tertiary/aromatic N) is 2. The van der Waals surface area contributed by atoms with E-state index < -0.39 is 5.79 Å². The average molecular weight is 635 g/mol. The molecular weight excluding hydrogens is 592 g/mol. The number of hydrogen-bond acceptors (Lipinski definition) is 8. The van der Waals surface area contributed by atoms with Crippen LogP contribution in [-0.2, 0) is 31.5 Å². The molecule has 0 aliphatic carbocycles. The van der Waals surface area contributed by atoms with Crippen LogP contribution in [0.25, 0.3) is 0 Å². The van der Waals surface area contributed by atoms with E-state index in [0.717, 1.165) is 61.0 Å². The van der Waals surface area contributed by atoms with Crippen molar-refractivity contribution in [1.29, 1.82) is 0 Å². The van der Waals surface area contributed by atoms with Crippen LogP contribution in [0.4, 0.5) is 0 Å². The molecule has 244 valence electrons. The first kappa shape index (κ1) is 30.0. The summed E-state index contributed by atoms with van der Waals surface area (Å²) in [7, 11) is 11.2. The topological polar surface area (TPSA) is 61.9 Å². The number of rotatable bonds is 4. The highest BCUT2D eigenvalue weighted by Gasteiger charge is 2.49. The van der Waals surface area contributed by atoms with Gasteiger partial charge in [-0.25, -0.2) is 0 Å². The minimum atomic E-state index is -1.55. The highest BCUT2D eigenvalue weighted by atomic mass is 16.7. The van der Waals surface area contributed by atoms with E-state index >= 15 is 0 Å². The summed E-state index contributed by atoms with van der Waals surface area (Å²) in [4.78, 5) is 4.85. The number of methoxy groups -OCH3 is 4. The van der Waals surface area contributed by atoms with Crippen molar-refractivity contribution in [3.05, 3.63) is 105 Å². The summed E-state index contributed by atoms with van der Waals surface area (Å²) < 4.78 is 39.5. The number of benzene rings is 4. The molecule has 3 atom stereocenters. The van der Waals surface area contributed by atoms with E-state index in [2.05, 4.69) is 66.4 Å². The van der Waals surface area contributed by atoms with Crippen molar-refractivity contribution >= 4 is 0 Å². The maximum atomic E-state index is 7.62. The fourth-order valence-electron chi connectivity index (χ4n) is 8.15. The van der Waals surface area contributed by atoms with Gasteiger partial charge in [0.05, 0.1) is 39.6 Å². The van der Waals surface area contributed by atoms with Gasteiger partial charge < -0.3 is 28.4 Å². The Labute approximate surface area is 276 Å². The first-order chi connectivity index (χ1) is 22.9. The predicted molar refractivity (Wildman–Crippen MR) is 180 cm³/mol. The Balaban J connectivity index is 1.53. The maximum Gasteiger partial charge on any atom is 0.312 e. The predicted octanol–water partition coefficient (Wildman–Crippen LogP) is 6.25. The highest BCUT2D eigenvalue weighted by molar-refractivity contribution is 5.64. The van der Waals surface area contributed by atoms with Crippen LogP contribution in [0.15, 0.2) is 60.7 Å². The zero-order valence-corrected chi connectivity index (χ0v) is 28.0. The van der Waals surface area contributed by atoms with E-state index in [4.69, 9.17) is 28.4 Å². The Morgan fingerprint density at radius 2 is 1.28 bits per heavy atom. The molecule has 0 saturated heterocycles. The highest BCUT2D eigenvalue weighted by Crippen LogP contribution is 2.55. The summed E-state index contributed by atoms with van der Waals surface area (Å²) in [5.41, 5.74) is 8.70. The average Bonchev–Trinajstić information content (AvgIpc) is 3.10. The van der Waals surface area contributed by atoms with Gasteiger partial charge >= 0.3 is 5.79 Å². The van der Waals surface area contributed by atoms with Crippen LogP contribution in [0.2, 0.25) is 0 Å². The normalized spacial score (nSPS) is 22.9. The molecule has 0 radical (unpaired) electrons. The molecule has 0 saturated carbocycles. The van der Waals surface area contributed by atoms with Gasteiger partial charge in [-0.3, -0.25) is 9.80 Å². The lowest BCUT2D eigenvalue weighted by Crippen LogP contribution is -2.43. The Morgan fingerprint density at radius 1 is 0.638 bits per heavy atom. The van der Waals surface area contributed by atoms with Crippen molar-refractivity contribution in [3.63, 3.8) is 0 Å². The molecule has 0 fully saturated rings. The first-order valence-electron chi connectivity index (χ1n) is 16.4. The molecule has 0 aromatic heterocycles. The van der Waals surface area contributed by atoms with Crippen LogP contribution in [-0.4, -0.2) is 65.4 Å². The quantitative estimate of drug-likeness (QED) is 0.261. The Hall–Kier alpha value is -4.40. The van der Waals surface area contributed by atoms with Gasteiger partial charge in [-0.1, -0.05) is 18.2 Å². The zero-order valence-electron chi connectivity index (χ0n) is 28.0. The Kier molecular flexibility index (Phi) is 7.26. The molecule has 9 rings (SSSR count). The fourth-order valence-corrected chi connectivity index (χ4v) is 8.15. The van der Waals surface area contributed by atoms with Gasteiger partial charge in [-0.2, -0.15) is 0 Å². The van der Waals surface area contributed by atoms with Crippen molar-refractivity contribution in [2.45, 2.75) is 43.6 Å². The van der Waals surface area contributed by atoms with Crippen LogP contribution in [0.3, 0.4) is 0 Å². The molecule has 1 spiro atoms. The lowest BCUT2D eigenvalue weighted by molar-refractivity contribution is -0.0892. The SMILES string of the molecule is COc1ccc2cc1C1(Oc3ccc(cc3)C[C@H]3c4cc1c(OC)cc4CCN3C)Oc1c(OC)c(OC)cc3c1[C@H](C2)N(C)CC3. The second-order valence-corrected chi connectivity index (χ2v) is 13.2. The molecule has 6 bridgehead atoms. The Morgan fingerprint density at radius 3 is 2.00 bits per heavy atom. The van der Waals surface area contributed by atoms with E-state index in [0.29, 0.717) is 34.5 Å². The van der Waals surface area contributed by atoms with Gasteiger partial charge in [0.25, 0.3) is 0 Å². The van der Waals surface area contributed by atoms with Gasteiger partial charge in [0.15, 0.2) is 11.5 Å². The van der Waals surface area contributed by atoms with E-state index in [-0.39, 0.29) is 12.1 Å². The van der Waals surface area contributed by atoms with Crippen molar-refractivity contribution in [2.75, 3.05) is 55.6 Å². The molecule has 8 heteroatoms. The van der Waals surface area contributed by atoms with Crippen LogP contribution >= 0.6 is 0 Å². The number of hydrogen-bond donors (Lipinski definition) is 0. The third kappa shape index (κ3) is 4.64. The van der Waals surface area contributed by atoms with Crippen LogP contribution in [0.1, 0.15) is 56.6 Å². The van der Waals surface area contributed by atoms with Gasteiger partial charge in [-0.05, 0) is 110 Å². The minimum absolute atomic E-state index is 0.0374. The Bertz CT molecular complexity index is 1860. The molecule has 1 unspecified atom stereocenters. The lowest BCUT2D eigenvalue weighted by Gasteiger charge is -2.41. The number of ether oxygens (including phenoxy) is 6. The smallest absolute Gasteiger partial charge is 0.312 e. The molecule has 5 aliphatic rings. The summed E-state index contributed by atoms with van der Waals surface area (Å²) >= 11 is 0. The van der Waals surface area contributed by atoms with Crippen LogP contribution in [0, 0.1) is 0 Å². The molecule has 47 heavy (non-hydrogen) atoms. The van der Waals surface area contributed by atoms with Gasteiger partial charge in [0.1, 0.15) is 17.2 Å². The molecule has 8 nitrogen and oxygen atoms in total. The number of fused-ring (bicyclic) bond motifs is 4. The molecular formula is C39H42N2O6. The molecule has 4 aromatic carbocycles. The van der Waals surface area contributed by atoms with Crippen molar-refractivity contribution in [1.82, 2.24) is 9.80 Å². The van der Waals surface area contributed by atoms with Crippen molar-refractivity contribution in [2.24, 2.45) is 0 Å². The molecule has 5 aliphatic heterocycles. The van der Waals surface area contributed by atoms with Crippen LogP contribution < -0.4 is 28.4 Å². The third-order valence-electron chi connectivity index (χ3n) is 10.7. The standard InChI is InChI=1S/C39H42N2O6/c1-40-15-13-25-20-34(43-4)30-22-28(25)31(40)18-23-7-10-27(11-8-23)46-39(30)29-17-24(9-12-33(29)42-3)19-32-36-26(14-16-41(32)2)21-35(44-5)37(45-6)38(36)47-39/h7-12,17,20-22,31-32H,13-16,18-19H2,1-6H3/t31-,32-,39?/m0/s1. The van der Waals surface area contributed by atoms with Crippen molar-refractivity contribution < 1.29 is 28.4 Å².